The fraction of sp³-hybridized carbons (Fsp3) is 0.292. The third-order valence-electron chi connectivity index (χ3n) is 5.22. The molecule has 32 heavy (non-hydrogen) atoms. The lowest BCUT2D eigenvalue weighted by molar-refractivity contribution is -0.137. The molecular weight excluding hydrogens is 435 g/mol. The van der Waals surface area contributed by atoms with Crippen molar-refractivity contribution in [1.82, 2.24) is 5.32 Å². The highest BCUT2D eigenvalue weighted by molar-refractivity contribution is 7.08. The van der Waals surface area contributed by atoms with Gasteiger partial charge in [0.15, 0.2) is 0 Å². The maximum atomic E-state index is 13.0. The van der Waals surface area contributed by atoms with Gasteiger partial charge < -0.3 is 16.0 Å². The standard InChI is InChI=1S/C24H26F3N3OS/c1-4-15(2)28-16(3)17-8-9-21(18-10-11-32-14-18)22(12-17)30-23(31)29-20-7-5-6-19(13-20)24(25,26)27/h5-16,28H,4H2,1-3H3,(H2,29,30,31). The Morgan fingerprint density at radius 2 is 1.84 bits per heavy atom. The van der Waals surface area contributed by atoms with Crippen LogP contribution in [0.4, 0.5) is 29.3 Å². The Labute approximate surface area is 189 Å². The van der Waals surface area contributed by atoms with Crippen LogP contribution in [0.1, 0.15) is 44.4 Å². The summed E-state index contributed by atoms with van der Waals surface area (Å²) in [5.41, 5.74) is 2.63. The van der Waals surface area contributed by atoms with Gasteiger partial charge in [-0.2, -0.15) is 24.5 Å². The van der Waals surface area contributed by atoms with E-state index in [-0.39, 0.29) is 11.7 Å². The summed E-state index contributed by atoms with van der Waals surface area (Å²) < 4.78 is 38.9. The maximum Gasteiger partial charge on any atom is 0.416 e. The monoisotopic (exact) mass is 461 g/mol. The van der Waals surface area contributed by atoms with Gasteiger partial charge in [0.05, 0.1) is 11.3 Å². The van der Waals surface area contributed by atoms with E-state index in [9.17, 15) is 18.0 Å². The number of carbonyl (C=O) groups is 1. The molecule has 1 heterocycles. The number of thiophene rings is 1. The first kappa shape index (κ1) is 23.8. The van der Waals surface area contributed by atoms with E-state index in [4.69, 9.17) is 0 Å². The number of halogens is 3. The van der Waals surface area contributed by atoms with Crippen molar-refractivity contribution < 1.29 is 18.0 Å². The van der Waals surface area contributed by atoms with E-state index in [0.717, 1.165) is 35.2 Å². The van der Waals surface area contributed by atoms with Gasteiger partial charge in [-0.15, -0.1) is 0 Å². The van der Waals surface area contributed by atoms with Crippen molar-refractivity contribution in [2.24, 2.45) is 0 Å². The zero-order chi connectivity index (χ0) is 23.3. The lowest BCUT2D eigenvalue weighted by Gasteiger charge is -2.21. The lowest BCUT2D eigenvalue weighted by Crippen LogP contribution is -2.28. The Bertz CT molecular complexity index is 1050. The van der Waals surface area contributed by atoms with Crippen LogP contribution in [-0.2, 0) is 6.18 Å². The minimum absolute atomic E-state index is 0.0635. The van der Waals surface area contributed by atoms with E-state index in [1.54, 1.807) is 11.3 Å². The molecule has 0 aliphatic carbocycles. The molecule has 0 spiro atoms. The molecule has 2 aromatic carbocycles. The number of hydrogen-bond donors (Lipinski definition) is 3. The number of carbonyl (C=O) groups excluding carboxylic acids is 1. The Morgan fingerprint density at radius 1 is 1.06 bits per heavy atom. The van der Waals surface area contributed by atoms with Crippen LogP contribution < -0.4 is 16.0 Å². The van der Waals surface area contributed by atoms with E-state index in [2.05, 4.69) is 36.7 Å². The average molecular weight is 462 g/mol. The van der Waals surface area contributed by atoms with Crippen molar-refractivity contribution in [2.75, 3.05) is 10.6 Å². The minimum Gasteiger partial charge on any atom is -0.308 e. The highest BCUT2D eigenvalue weighted by atomic mass is 32.1. The van der Waals surface area contributed by atoms with Gasteiger partial charge in [-0.05, 0) is 72.5 Å². The van der Waals surface area contributed by atoms with Gasteiger partial charge in [-0.3, -0.25) is 0 Å². The third kappa shape index (κ3) is 6.11. The van der Waals surface area contributed by atoms with E-state index in [0.29, 0.717) is 11.7 Å². The lowest BCUT2D eigenvalue weighted by atomic mass is 10.00. The molecule has 1 aromatic heterocycles. The van der Waals surface area contributed by atoms with Crippen LogP contribution in [0, 0.1) is 0 Å². The molecule has 2 amide bonds. The molecule has 0 aliphatic heterocycles. The molecule has 170 valence electrons. The first-order valence-electron chi connectivity index (χ1n) is 10.3. The zero-order valence-electron chi connectivity index (χ0n) is 18.1. The predicted octanol–water partition coefficient (Wildman–Crippen LogP) is 7.53. The van der Waals surface area contributed by atoms with Gasteiger partial charge in [0.1, 0.15) is 0 Å². The molecule has 3 aromatic rings. The van der Waals surface area contributed by atoms with Crippen LogP contribution in [0.25, 0.3) is 11.1 Å². The highest BCUT2D eigenvalue weighted by Crippen LogP contribution is 2.33. The van der Waals surface area contributed by atoms with Gasteiger partial charge in [0.2, 0.25) is 0 Å². The van der Waals surface area contributed by atoms with Crippen LogP contribution in [0.15, 0.2) is 59.3 Å². The topological polar surface area (TPSA) is 53.2 Å². The van der Waals surface area contributed by atoms with Crippen molar-refractivity contribution in [3.05, 3.63) is 70.4 Å². The molecule has 0 saturated carbocycles. The summed E-state index contributed by atoms with van der Waals surface area (Å²) in [5.74, 6) is 0. The summed E-state index contributed by atoms with van der Waals surface area (Å²) in [4.78, 5) is 12.7. The molecule has 0 fully saturated rings. The smallest absolute Gasteiger partial charge is 0.308 e. The Hall–Kier alpha value is -2.84. The summed E-state index contributed by atoms with van der Waals surface area (Å²) in [7, 11) is 0. The van der Waals surface area contributed by atoms with E-state index < -0.39 is 17.8 Å². The molecule has 3 rings (SSSR count). The van der Waals surface area contributed by atoms with Crippen LogP contribution in [0.2, 0.25) is 0 Å². The Morgan fingerprint density at radius 3 is 2.50 bits per heavy atom. The second-order valence-corrected chi connectivity index (χ2v) is 8.45. The Kier molecular flexibility index (Phi) is 7.58. The van der Waals surface area contributed by atoms with Crippen LogP contribution in [0.5, 0.6) is 0 Å². The predicted molar refractivity (Wildman–Crippen MR) is 125 cm³/mol. The Balaban J connectivity index is 1.84. The van der Waals surface area contributed by atoms with Crippen molar-refractivity contribution in [3.8, 4) is 11.1 Å². The fourth-order valence-electron chi connectivity index (χ4n) is 3.30. The van der Waals surface area contributed by atoms with E-state index in [1.165, 1.54) is 12.1 Å². The van der Waals surface area contributed by atoms with Crippen molar-refractivity contribution in [2.45, 2.75) is 45.5 Å². The number of rotatable bonds is 7. The van der Waals surface area contributed by atoms with Crippen molar-refractivity contribution >= 4 is 28.7 Å². The number of benzene rings is 2. The second kappa shape index (κ2) is 10.2. The molecule has 0 saturated heterocycles. The highest BCUT2D eigenvalue weighted by Gasteiger charge is 2.30. The fourth-order valence-corrected chi connectivity index (χ4v) is 3.96. The normalized spacial score (nSPS) is 13.4. The van der Waals surface area contributed by atoms with E-state index >= 15 is 0 Å². The van der Waals surface area contributed by atoms with Gasteiger partial charge in [0.25, 0.3) is 0 Å². The van der Waals surface area contributed by atoms with E-state index in [1.807, 2.05) is 35.0 Å². The maximum absolute atomic E-state index is 13.0. The molecule has 0 bridgehead atoms. The summed E-state index contributed by atoms with van der Waals surface area (Å²) in [6, 6.07) is 12.2. The largest absolute Gasteiger partial charge is 0.416 e. The number of urea groups is 1. The quantitative estimate of drug-likeness (QED) is 0.341. The molecule has 4 nitrogen and oxygen atoms in total. The average Bonchev–Trinajstić information content (AvgIpc) is 3.27. The second-order valence-electron chi connectivity index (χ2n) is 7.67. The summed E-state index contributed by atoms with van der Waals surface area (Å²) in [6.07, 6.45) is -3.49. The van der Waals surface area contributed by atoms with Crippen LogP contribution >= 0.6 is 11.3 Å². The SMILES string of the molecule is CCC(C)NC(C)c1ccc(-c2ccsc2)c(NC(=O)Nc2cccc(C(F)(F)F)c2)c1. The molecule has 0 aliphatic rings. The molecule has 2 atom stereocenters. The van der Waals surface area contributed by atoms with Crippen molar-refractivity contribution in [3.63, 3.8) is 0 Å². The number of nitrogens with one attached hydrogen (secondary N) is 3. The van der Waals surface area contributed by atoms with Gasteiger partial charge in [-0.1, -0.05) is 25.1 Å². The first-order valence-corrected chi connectivity index (χ1v) is 11.3. The molecular formula is C24H26F3N3OS. The third-order valence-corrected chi connectivity index (χ3v) is 5.90. The van der Waals surface area contributed by atoms with Gasteiger partial charge >= 0.3 is 12.2 Å². The van der Waals surface area contributed by atoms with Gasteiger partial charge in [0, 0.05) is 23.3 Å². The number of hydrogen-bond acceptors (Lipinski definition) is 3. The zero-order valence-corrected chi connectivity index (χ0v) is 18.9. The van der Waals surface area contributed by atoms with Crippen molar-refractivity contribution in [1.29, 1.82) is 0 Å². The molecule has 8 heteroatoms. The number of amides is 2. The molecule has 0 radical (unpaired) electrons. The van der Waals surface area contributed by atoms with Gasteiger partial charge in [-0.25, -0.2) is 4.79 Å². The number of anilines is 2. The number of alkyl halides is 3. The summed E-state index contributed by atoms with van der Waals surface area (Å²) in [5, 5.41) is 12.7. The molecule has 3 N–H and O–H groups in total. The van der Waals surface area contributed by atoms with Crippen LogP contribution in [0.3, 0.4) is 0 Å². The minimum atomic E-state index is -4.48. The van der Waals surface area contributed by atoms with Crippen LogP contribution in [-0.4, -0.2) is 12.1 Å². The summed E-state index contributed by atoms with van der Waals surface area (Å²) in [6.45, 7) is 6.27. The summed E-state index contributed by atoms with van der Waals surface area (Å²) >= 11 is 1.54. The molecule has 2 unspecified atom stereocenters. The first-order chi connectivity index (χ1) is 15.2.